The van der Waals surface area contributed by atoms with Crippen LogP contribution in [-0.4, -0.2) is 50.6 Å². The van der Waals surface area contributed by atoms with Crippen molar-refractivity contribution in [3.63, 3.8) is 0 Å². The van der Waals surface area contributed by atoms with Crippen LogP contribution in [-0.2, 0) is 14.3 Å². The summed E-state index contributed by atoms with van der Waals surface area (Å²) in [6, 6.07) is 5.67. The van der Waals surface area contributed by atoms with Crippen molar-refractivity contribution in [3.05, 3.63) is 29.8 Å². The van der Waals surface area contributed by atoms with Crippen LogP contribution in [0.4, 0.5) is 4.79 Å². The monoisotopic (exact) mass is 379 g/mol. The molecule has 0 aliphatic rings. The molecule has 0 unspecified atom stereocenters. The lowest BCUT2D eigenvalue weighted by molar-refractivity contribution is -0.147. The van der Waals surface area contributed by atoms with E-state index >= 15 is 0 Å². The summed E-state index contributed by atoms with van der Waals surface area (Å²) in [5.41, 5.74) is 0.347. The zero-order valence-corrected chi connectivity index (χ0v) is 15.7. The van der Waals surface area contributed by atoms with Gasteiger partial charge in [-0.15, -0.1) is 0 Å². The Bertz CT molecular complexity index is 658. The Labute approximate surface area is 157 Å². The van der Waals surface area contributed by atoms with Gasteiger partial charge in [-0.05, 0) is 36.6 Å². The minimum atomic E-state index is -0.799. The lowest BCUT2D eigenvalue weighted by atomic mass is 10.1. The Morgan fingerprint density at radius 1 is 1.04 bits per heavy atom. The van der Waals surface area contributed by atoms with Crippen LogP contribution in [0.15, 0.2) is 24.3 Å². The highest BCUT2D eigenvalue weighted by Crippen LogP contribution is 2.10. The summed E-state index contributed by atoms with van der Waals surface area (Å²) in [5.74, 6) is -0.997. The first kappa shape index (κ1) is 21.9. The van der Waals surface area contributed by atoms with Crippen LogP contribution in [0, 0.1) is 5.92 Å². The van der Waals surface area contributed by atoms with Crippen molar-refractivity contribution < 1.29 is 28.7 Å². The van der Waals surface area contributed by atoms with Crippen LogP contribution in [0.2, 0.25) is 0 Å². The zero-order valence-electron chi connectivity index (χ0n) is 15.7. The SMILES string of the molecule is COc1ccc(C(=O)NCC(=O)OCC(=O)NC(=O)NCCC(C)C)cc1. The largest absolute Gasteiger partial charge is 0.497 e. The van der Waals surface area contributed by atoms with Gasteiger partial charge in [0.2, 0.25) is 0 Å². The Balaban J connectivity index is 2.24. The molecular weight excluding hydrogens is 354 g/mol. The second kappa shape index (κ2) is 11.5. The number of imide groups is 1. The topological polar surface area (TPSA) is 123 Å². The lowest BCUT2D eigenvalue weighted by Gasteiger charge is -2.09. The summed E-state index contributed by atoms with van der Waals surface area (Å²) in [7, 11) is 1.51. The number of carbonyl (C=O) groups is 4. The molecule has 9 nitrogen and oxygen atoms in total. The standard InChI is InChI=1S/C18H25N3O6/c1-12(2)8-9-19-18(25)21-15(22)11-27-16(23)10-20-17(24)13-4-6-14(26-3)7-5-13/h4-7,12H,8-11H2,1-3H3,(H,20,24)(H2,19,21,22,25). The van der Waals surface area contributed by atoms with E-state index < -0.39 is 37.0 Å². The normalized spacial score (nSPS) is 10.1. The maximum atomic E-state index is 11.9. The number of carbonyl (C=O) groups excluding carboxylic acids is 4. The van der Waals surface area contributed by atoms with E-state index in [9.17, 15) is 19.2 Å². The summed E-state index contributed by atoms with van der Waals surface area (Å²) in [6.45, 7) is 3.44. The highest BCUT2D eigenvalue weighted by molar-refractivity contribution is 5.97. The third-order valence-electron chi connectivity index (χ3n) is 3.37. The number of methoxy groups -OCH3 is 1. The third kappa shape index (κ3) is 9.24. The van der Waals surface area contributed by atoms with Gasteiger partial charge in [-0.25, -0.2) is 4.79 Å². The summed E-state index contributed by atoms with van der Waals surface area (Å²) in [4.78, 5) is 46.4. The van der Waals surface area contributed by atoms with Crippen LogP contribution in [0.25, 0.3) is 0 Å². The number of hydrogen-bond acceptors (Lipinski definition) is 6. The van der Waals surface area contributed by atoms with E-state index in [2.05, 4.69) is 10.6 Å². The van der Waals surface area contributed by atoms with Gasteiger partial charge in [0.05, 0.1) is 7.11 Å². The molecular formula is C18H25N3O6. The first-order valence-electron chi connectivity index (χ1n) is 8.47. The quantitative estimate of drug-likeness (QED) is 0.547. The molecule has 9 heteroatoms. The van der Waals surface area contributed by atoms with Crippen LogP contribution in [0.3, 0.4) is 0 Å². The van der Waals surface area contributed by atoms with Crippen LogP contribution >= 0.6 is 0 Å². The number of rotatable bonds is 9. The molecule has 1 aromatic rings. The number of esters is 1. The van der Waals surface area contributed by atoms with Gasteiger partial charge in [-0.3, -0.25) is 19.7 Å². The Morgan fingerprint density at radius 2 is 1.70 bits per heavy atom. The molecule has 1 aromatic carbocycles. The Morgan fingerprint density at radius 3 is 2.30 bits per heavy atom. The second-order valence-electron chi connectivity index (χ2n) is 6.06. The van der Waals surface area contributed by atoms with Crippen molar-refractivity contribution in [2.75, 3.05) is 26.8 Å². The summed E-state index contributed by atoms with van der Waals surface area (Å²) in [6.07, 6.45) is 0.782. The predicted molar refractivity (Wildman–Crippen MR) is 97.3 cm³/mol. The number of amides is 4. The van der Waals surface area contributed by atoms with Crippen LogP contribution < -0.4 is 20.7 Å². The van der Waals surface area contributed by atoms with Crippen molar-refractivity contribution in [2.45, 2.75) is 20.3 Å². The van der Waals surface area contributed by atoms with Gasteiger partial charge in [0.15, 0.2) is 6.61 Å². The second-order valence-corrected chi connectivity index (χ2v) is 6.06. The molecule has 27 heavy (non-hydrogen) atoms. The smallest absolute Gasteiger partial charge is 0.325 e. The number of hydrogen-bond donors (Lipinski definition) is 3. The van der Waals surface area contributed by atoms with E-state index in [0.29, 0.717) is 23.8 Å². The average Bonchev–Trinajstić information content (AvgIpc) is 2.64. The minimum absolute atomic E-state index is 0.347. The maximum absolute atomic E-state index is 11.9. The minimum Gasteiger partial charge on any atom is -0.497 e. The highest BCUT2D eigenvalue weighted by atomic mass is 16.5. The molecule has 0 saturated heterocycles. The predicted octanol–water partition coefficient (Wildman–Crippen LogP) is 0.840. The van der Waals surface area contributed by atoms with Gasteiger partial charge in [0.1, 0.15) is 12.3 Å². The van der Waals surface area contributed by atoms with Gasteiger partial charge >= 0.3 is 12.0 Å². The molecule has 0 spiro atoms. The van der Waals surface area contributed by atoms with Crippen molar-refractivity contribution in [1.82, 2.24) is 16.0 Å². The van der Waals surface area contributed by atoms with Gasteiger partial charge in [0, 0.05) is 12.1 Å². The number of nitrogens with one attached hydrogen (secondary N) is 3. The fraction of sp³-hybridized carbons (Fsp3) is 0.444. The molecule has 0 aliphatic carbocycles. The van der Waals surface area contributed by atoms with E-state index in [1.54, 1.807) is 24.3 Å². The number of urea groups is 1. The Kier molecular flexibility index (Phi) is 9.35. The fourth-order valence-electron chi connectivity index (χ4n) is 1.88. The van der Waals surface area contributed by atoms with E-state index in [4.69, 9.17) is 9.47 Å². The fourth-order valence-corrected chi connectivity index (χ4v) is 1.88. The molecule has 0 heterocycles. The van der Waals surface area contributed by atoms with Gasteiger partial charge in [-0.2, -0.15) is 0 Å². The Hall–Kier alpha value is -3.10. The summed E-state index contributed by atoms with van der Waals surface area (Å²) < 4.78 is 9.69. The van der Waals surface area contributed by atoms with Crippen molar-refractivity contribution >= 4 is 23.8 Å². The lowest BCUT2D eigenvalue weighted by Crippen LogP contribution is -2.42. The highest BCUT2D eigenvalue weighted by Gasteiger charge is 2.12. The number of ether oxygens (including phenoxy) is 2. The molecule has 3 N–H and O–H groups in total. The summed E-state index contributed by atoms with van der Waals surface area (Å²) >= 11 is 0. The van der Waals surface area contributed by atoms with E-state index in [1.165, 1.54) is 7.11 Å². The van der Waals surface area contributed by atoms with Crippen molar-refractivity contribution in [3.8, 4) is 5.75 Å². The summed E-state index contributed by atoms with van der Waals surface area (Å²) in [5, 5.41) is 6.94. The average molecular weight is 379 g/mol. The molecule has 1 rings (SSSR count). The first-order chi connectivity index (χ1) is 12.8. The number of benzene rings is 1. The van der Waals surface area contributed by atoms with E-state index in [-0.39, 0.29) is 0 Å². The molecule has 0 radical (unpaired) electrons. The van der Waals surface area contributed by atoms with Crippen LogP contribution in [0.1, 0.15) is 30.6 Å². The van der Waals surface area contributed by atoms with Gasteiger partial charge in [0.25, 0.3) is 11.8 Å². The van der Waals surface area contributed by atoms with Gasteiger partial charge < -0.3 is 20.1 Å². The van der Waals surface area contributed by atoms with Gasteiger partial charge in [-0.1, -0.05) is 13.8 Å². The molecule has 0 aromatic heterocycles. The molecule has 0 atom stereocenters. The first-order valence-corrected chi connectivity index (χ1v) is 8.47. The third-order valence-corrected chi connectivity index (χ3v) is 3.37. The molecule has 4 amide bonds. The molecule has 148 valence electrons. The van der Waals surface area contributed by atoms with Crippen molar-refractivity contribution in [2.24, 2.45) is 5.92 Å². The molecule has 0 aliphatic heterocycles. The zero-order chi connectivity index (χ0) is 20.2. The maximum Gasteiger partial charge on any atom is 0.325 e. The molecule has 0 saturated carbocycles. The van der Waals surface area contributed by atoms with Crippen molar-refractivity contribution in [1.29, 1.82) is 0 Å². The molecule has 0 bridgehead atoms. The van der Waals surface area contributed by atoms with E-state index in [1.807, 2.05) is 19.2 Å². The van der Waals surface area contributed by atoms with Crippen LogP contribution in [0.5, 0.6) is 5.75 Å². The van der Waals surface area contributed by atoms with E-state index in [0.717, 1.165) is 6.42 Å². The molecule has 0 fully saturated rings.